The van der Waals surface area contributed by atoms with Crippen LogP contribution in [0.15, 0.2) is 17.5 Å². The molecular weight excluding hydrogens is 344 g/mol. The fourth-order valence-corrected chi connectivity index (χ4v) is 3.66. The monoisotopic (exact) mass is 368 g/mol. The summed E-state index contributed by atoms with van der Waals surface area (Å²) in [6, 6.07) is 3.82. The second-order valence-electron chi connectivity index (χ2n) is 6.18. The summed E-state index contributed by atoms with van der Waals surface area (Å²) in [4.78, 5) is 24.1. The van der Waals surface area contributed by atoms with E-state index < -0.39 is 0 Å². The summed E-state index contributed by atoms with van der Waals surface area (Å²) in [7, 11) is 0. The van der Waals surface area contributed by atoms with Crippen LogP contribution in [0.1, 0.15) is 42.8 Å². The largest absolute Gasteiger partial charge is 0.358 e. The molecule has 2 rings (SSSR count). The molecule has 1 aromatic rings. The van der Waals surface area contributed by atoms with E-state index in [0.717, 1.165) is 6.42 Å². The van der Waals surface area contributed by atoms with Gasteiger partial charge in [-0.2, -0.15) is 0 Å². The smallest absolute Gasteiger partial charge is 0.261 e. The van der Waals surface area contributed by atoms with Crippen molar-refractivity contribution in [2.45, 2.75) is 39.2 Å². The highest BCUT2D eigenvalue weighted by Crippen LogP contribution is 2.29. The molecule has 8 heteroatoms. The highest BCUT2D eigenvalue weighted by Gasteiger charge is 2.27. The minimum atomic E-state index is -0.353. The van der Waals surface area contributed by atoms with E-state index in [2.05, 4.69) is 35.3 Å². The van der Waals surface area contributed by atoms with E-state index in [1.807, 2.05) is 5.38 Å². The Labute approximate surface area is 151 Å². The quantitative estimate of drug-likeness (QED) is 0.481. The van der Waals surface area contributed by atoms with Crippen LogP contribution in [-0.4, -0.2) is 29.5 Å². The average Bonchev–Trinajstić information content (AvgIpc) is 3.09. The van der Waals surface area contributed by atoms with Crippen molar-refractivity contribution in [1.29, 1.82) is 0 Å². The molecule has 1 heterocycles. The summed E-state index contributed by atoms with van der Waals surface area (Å²) >= 11 is 6.55. The molecule has 0 saturated heterocycles. The third-order valence-corrected chi connectivity index (χ3v) is 5.58. The van der Waals surface area contributed by atoms with Crippen LogP contribution in [-0.2, 0) is 4.79 Å². The molecule has 0 bridgehead atoms. The Bertz CT molecular complexity index is 577. The minimum Gasteiger partial charge on any atom is -0.358 e. The maximum absolute atomic E-state index is 11.8. The van der Waals surface area contributed by atoms with Gasteiger partial charge in [0.2, 0.25) is 0 Å². The first kappa shape index (κ1) is 18.7. The molecule has 132 valence electrons. The third kappa shape index (κ3) is 5.45. The van der Waals surface area contributed by atoms with Crippen molar-refractivity contribution >= 4 is 40.5 Å². The van der Waals surface area contributed by atoms with Crippen LogP contribution in [0.4, 0.5) is 0 Å². The van der Waals surface area contributed by atoms with Crippen LogP contribution in [0.3, 0.4) is 0 Å². The van der Waals surface area contributed by atoms with Gasteiger partial charge in [-0.25, -0.2) is 0 Å². The first-order chi connectivity index (χ1) is 11.5. The second-order valence-corrected chi connectivity index (χ2v) is 7.54. The molecule has 1 saturated carbocycles. The molecule has 0 unspecified atom stereocenters. The molecule has 3 atom stereocenters. The number of hydrogen-bond acceptors (Lipinski definition) is 4. The van der Waals surface area contributed by atoms with Gasteiger partial charge in [-0.15, -0.1) is 11.3 Å². The van der Waals surface area contributed by atoms with E-state index in [1.165, 1.54) is 24.2 Å². The first-order valence-corrected chi connectivity index (χ1v) is 9.43. The number of amides is 2. The zero-order valence-corrected chi connectivity index (χ0v) is 15.6. The number of carbonyl (C=O) groups is 2. The molecule has 24 heavy (non-hydrogen) atoms. The molecule has 1 aliphatic rings. The van der Waals surface area contributed by atoms with Gasteiger partial charge in [0.15, 0.2) is 5.11 Å². The van der Waals surface area contributed by atoms with E-state index in [-0.39, 0.29) is 18.4 Å². The summed E-state index contributed by atoms with van der Waals surface area (Å²) in [6.07, 6.45) is 3.52. The van der Waals surface area contributed by atoms with Crippen LogP contribution in [0.25, 0.3) is 0 Å². The maximum Gasteiger partial charge on any atom is 0.261 e. The zero-order valence-electron chi connectivity index (χ0n) is 13.9. The molecule has 2 amide bonds. The molecule has 0 aliphatic heterocycles. The molecule has 0 radical (unpaired) electrons. The van der Waals surface area contributed by atoms with Gasteiger partial charge in [-0.05, 0) is 41.9 Å². The van der Waals surface area contributed by atoms with Crippen LogP contribution < -0.4 is 21.5 Å². The Morgan fingerprint density at radius 3 is 2.79 bits per heavy atom. The summed E-state index contributed by atoms with van der Waals surface area (Å²) < 4.78 is 0. The van der Waals surface area contributed by atoms with E-state index in [0.29, 0.717) is 27.9 Å². The molecule has 0 spiro atoms. The van der Waals surface area contributed by atoms with E-state index >= 15 is 0 Å². The second kappa shape index (κ2) is 8.98. The third-order valence-electron chi connectivity index (χ3n) is 4.49. The number of thiocarbonyl (C=S) groups is 1. The predicted octanol–water partition coefficient (Wildman–Crippen LogP) is 1.80. The van der Waals surface area contributed by atoms with E-state index in [9.17, 15) is 9.59 Å². The van der Waals surface area contributed by atoms with Crippen LogP contribution >= 0.6 is 23.6 Å². The normalized spacial score (nSPS) is 23.2. The van der Waals surface area contributed by atoms with Crippen LogP contribution in [0, 0.1) is 11.8 Å². The van der Waals surface area contributed by atoms with Crippen molar-refractivity contribution in [3.8, 4) is 0 Å². The maximum atomic E-state index is 11.8. The fourth-order valence-electron chi connectivity index (χ4n) is 2.82. The lowest BCUT2D eigenvalue weighted by molar-refractivity contribution is -0.120. The zero-order chi connectivity index (χ0) is 17.5. The van der Waals surface area contributed by atoms with Gasteiger partial charge in [-0.3, -0.25) is 20.4 Å². The van der Waals surface area contributed by atoms with E-state index in [1.54, 1.807) is 12.1 Å². The predicted molar refractivity (Wildman–Crippen MR) is 99.6 cm³/mol. The number of nitrogens with one attached hydrogen (secondary N) is 4. The first-order valence-electron chi connectivity index (χ1n) is 8.14. The van der Waals surface area contributed by atoms with Crippen molar-refractivity contribution in [1.82, 2.24) is 21.5 Å². The van der Waals surface area contributed by atoms with E-state index in [4.69, 9.17) is 12.2 Å². The summed E-state index contributed by atoms with van der Waals surface area (Å²) in [5, 5.41) is 8.04. The van der Waals surface area contributed by atoms with Gasteiger partial charge >= 0.3 is 0 Å². The number of rotatable bonds is 4. The standard InChI is InChI=1S/C16H24N4O2S2/c1-10-5-3-6-12(11(10)2)18-16(23)20-19-14(21)9-17-15(22)13-7-4-8-24-13/h4,7-8,10-12H,3,5-6,9H2,1-2H3,(H,17,22)(H,19,21)(H2,18,20,23)/t10-,11+,12+/m0/s1. The number of hydrazine groups is 1. The highest BCUT2D eigenvalue weighted by atomic mass is 32.1. The van der Waals surface area contributed by atoms with Gasteiger partial charge in [0.25, 0.3) is 11.8 Å². The van der Waals surface area contributed by atoms with Gasteiger partial charge in [0.05, 0.1) is 11.4 Å². The fraction of sp³-hybridized carbons (Fsp3) is 0.562. The van der Waals surface area contributed by atoms with Crippen LogP contribution in [0.5, 0.6) is 0 Å². The Morgan fingerprint density at radius 1 is 1.29 bits per heavy atom. The topological polar surface area (TPSA) is 82.3 Å². The summed E-state index contributed by atoms with van der Waals surface area (Å²) in [5.41, 5.74) is 5.19. The number of carbonyl (C=O) groups excluding carboxylic acids is 2. The molecule has 4 N–H and O–H groups in total. The highest BCUT2D eigenvalue weighted by molar-refractivity contribution is 7.80. The minimum absolute atomic E-state index is 0.108. The average molecular weight is 369 g/mol. The molecule has 1 aliphatic carbocycles. The Hall–Kier alpha value is -1.67. The SMILES string of the molecule is C[C@@H]1[C@@H](C)CCC[C@H]1NC(=S)NNC(=O)CNC(=O)c1cccs1. The van der Waals surface area contributed by atoms with Gasteiger partial charge in [0, 0.05) is 6.04 Å². The van der Waals surface area contributed by atoms with Gasteiger partial charge < -0.3 is 10.6 Å². The van der Waals surface area contributed by atoms with Crippen molar-refractivity contribution in [3.05, 3.63) is 22.4 Å². The molecule has 0 aromatic carbocycles. The van der Waals surface area contributed by atoms with Crippen molar-refractivity contribution in [2.24, 2.45) is 11.8 Å². The lowest BCUT2D eigenvalue weighted by Crippen LogP contribution is -2.53. The van der Waals surface area contributed by atoms with Gasteiger partial charge in [0.1, 0.15) is 0 Å². The molecule has 1 fully saturated rings. The van der Waals surface area contributed by atoms with Crippen LogP contribution in [0.2, 0.25) is 0 Å². The van der Waals surface area contributed by atoms with Crippen molar-refractivity contribution in [2.75, 3.05) is 6.54 Å². The number of thiophene rings is 1. The molecular formula is C16H24N4O2S2. The number of hydrogen-bond donors (Lipinski definition) is 4. The Morgan fingerprint density at radius 2 is 2.08 bits per heavy atom. The lowest BCUT2D eigenvalue weighted by Gasteiger charge is -2.35. The Kier molecular flexibility index (Phi) is 6.99. The lowest BCUT2D eigenvalue weighted by atomic mass is 9.78. The summed E-state index contributed by atoms with van der Waals surface area (Å²) in [6.45, 7) is 4.37. The molecule has 1 aromatic heterocycles. The summed E-state index contributed by atoms with van der Waals surface area (Å²) in [5.74, 6) is 0.598. The Balaban J connectivity index is 1.66. The van der Waals surface area contributed by atoms with Crippen molar-refractivity contribution < 1.29 is 9.59 Å². The van der Waals surface area contributed by atoms with Gasteiger partial charge in [-0.1, -0.05) is 32.8 Å². The molecule has 6 nitrogen and oxygen atoms in total. The van der Waals surface area contributed by atoms with Crippen molar-refractivity contribution in [3.63, 3.8) is 0 Å².